The molecule has 1 amide bonds. The predicted molar refractivity (Wildman–Crippen MR) is 112 cm³/mol. The summed E-state index contributed by atoms with van der Waals surface area (Å²) in [4.78, 5) is 18.9. The van der Waals surface area contributed by atoms with Crippen LogP contribution in [0.4, 0.5) is 4.39 Å². The molecule has 1 aliphatic rings. The maximum atomic E-state index is 13.4. The lowest BCUT2D eigenvalue weighted by molar-refractivity contribution is -0.132. The largest absolute Gasteiger partial charge is 0.378 e. The third-order valence-corrected chi connectivity index (χ3v) is 5.79. The fourth-order valence-electron chi connectivity index (χ4n) is 3.23. The van der Waals surface area contributed by atoms with E-state index in [9.17, 15) is 9.18 Å². The van der Waals surface area contributed by atoms with Gasteiger partial charge in [0.2, 0.25) is 5.91 Å². The topological polar surface area (TPSA) is 47.4 Å². The van der Waals surface area contributed by atoms with Gasteiger partial charge in [0, 0.05) is 24.3 Å². The summed E-state index contributed by atoms with van der Waals surface area (Å²) in [6.07, 6.45) is 1.77. The molecule has 29 heavy (non-hydrogen) atoms. The summed E-state index contributed by atoms with van der Waals surface area (Å²) in [5.41, 5.74) is 3.84. The Labute approximate surface area is 173 Å². The number of nitrogens with zero attached hydrogens (tertiary/aromatic N) is 3. The molecule has 7 heteroatoms. The van der Waals surface area contributed by atoms with Gasteiger partial charge in [0.1, 0.15) is 5.82 Å². The van der Waals surface area contributed by atoms with Crippen molar-refractivity contribution in [3.05, 3.63) is 66.1 Å². The Kier molecular flexibility index (Phi) is 5.97. The fraction of sp³-hybridized carbons (Fsp3) is 0.273. The highest BCUT2D eigenvalue weighted by molar-refractivity contribution is 7.99. The Morgan fingerprint density at radius 1 is 1.10 bits per heavy atom. The number of rotatable bonds is 5. The van der Waals surface area contributed by atoms with Gasteiger partial charge < -0.3 is 9.64 Å². The van der Waals surface area contributed by atoms with E-state index < -0.39 is 0 Å². The molecule has 150 valence electrons. The summed E-state index contributed by atoms with van der Waals surface area (Å²) in [6, 6.07) is 14.5. The van der Waals surface area contributed by atoms with Crippen molar-refractivity contribution in [1.29, 1.82) is 0 Å². The van der Waals surface area contributed by atoms with Crippen LogP contribution < -0.4 is 0 Å². The molecule has 0 radical (unpaired) electrons. The molecule has 0 N–H and O–H groups in total. The van der Waals surface area contributed by atoms with E-state index in [2.05, 4.69) is 4.98 Å². The predicted octanol–water partition coefficient (Wildman–Crippen LogP) is 3.94. The van der Waals surface area contributed by atoms with E-state index in [1.165, 1.54) is 23.9 Å². The van der Waals surface area contributed by atoms with Gasteiger partial charge in [0.25, 0.3) is 0 Å². The number of halogens is 1. The monoisotopic (exact) mass is 411 g/mol. The van der Waals surface area contributed by atoms with Crippen molar-refractivity contribution in [2.45, 2.75) is 12.1 Å². The first-order valence-corrected chi connectivity index (χ1v) is 10.5. The number of aromatic nitrogens is 2. The molecule has 1 aromatic heterocycles. The van der Waals surface area contributed by atoms with E-state index in [1.807, 2.05) is 40.7 Å². The number of imidazole rings is 1. The Morgan fingerprint density at radius 2 is 1.79 bits per heavy atom. The molecule has 1 saturated heterocycles. The van der Waals surface area contributed by atoms with Crippen LogP contribution in [0, 0.1) is 12.7 Å². The highest BCUT2D eigenvalue weighted by Crippen LogP contribution is 2.30. The average molecular weight is 412 g/mol. The van der Waals surface area contributed by atoms with Crippen molar-refractivity contribution in [3.63, 3.8) is 0 Å². The molecular formula is C22H22FN3O2S. The van der Waals surface area contributed by atoms with Gasteiger partial charge in [0.05, 0.1) is 30.9 Å². The summed E-state index contributed by atoms with van der Waals surface area (Å²) in [7, 11) is 0. The van der Waals surface area contributed by atoms with Gasteiger partial charge in [-0.3, -0.25) is 9.36 Å². The highest BCUT2D eigenvalue weighted by Gasteiger charge is 2.20. The van der Waals surface area contributed by atoms with Gasteiger partial charge in [-0.15, -0.1) is 0 Å². The smallest absolute Gasteiger partial charge is 0.233 e. The van der Waals surface area contributed by atoms with Crippen LogP contribution in [0.2, 0.25) is 0 Å². The second-order valence-electron chi connectivity index (χ2n) is 6.89. The van der Waals surface area contributed by atoms with Crippen molar-refractivity contribution in [2.75, 3.05) is 32.1 Å². The van der Waals surface area contributed by atoms with Crippen LogP contribution >= 0.6 is 11.8 Å². The Hall–Kier alpha value is -2.64. The van der Waals surface area contributed by atoms with Gasteiger partial charge >= 0.3 is 0 Å². The molecule has 0 aliphatic carbocycles. The van der Waals surface area contributed by atoms with Crippen LogP contribution in [-0.2, 0) is 9.53 Å². The standard InChI is InChI=1S/C22H22FN3O2S/c1-16-2-8-19(9-3-16)26-20(17-4-6-18(23)7-5-17)14-24-22(26)29-15-21(27)25-10-12-28-13-11-25/h2-9,14H,10-13,15H2,1H3. The Balaban J connectivity index is 1.63. The maximum absolute atomic E-state index is 13.4. The minimum Gasteiger partial charge on any atom is -0.378 e. The van der Waals surface area contributed by atoms with Crippen LogP contribution in [-0.4, -0.2) is 52.4 Å². The summed E-state index contributed by atoms with van der Waals surface area (Å²) in [5.74, 6) is 0.118. The molecule has 5 nitrogen and oxygen atoms in total. The van der Waals surface area contributed by atoms with Crippen molar-refractivity contribution >= 4 is 17.7 Å². The number of aryl methyl sites for hydroxylation is 1. The van der Waals surface area contributed by atoms with Crippen molar-refractivity contribution in [2.24, 2.45) is 0 Å². The van der Waals surface area contributed by atoms with Crippen LogP contribution in [0.25, 0.3) is 16.9 Å². The maximum Gasteiger partial charge on any atom is 0.233 e. The molecule has 0 atom stereocenters. The van der Waals surface area contributed by atoms with E-state index >= 15 is 0 Å². The first-order valence-electron chi connectivity index (χ1n) is 9.51. The van der Waals surface area contributed by atoms with Crippen molar-refractivity contribution < 1.29 is 13.9 Å². The number of morpholine rings is 1. The molecule has 4 rings (SSSR count). The number of ether oxygens (including phenoxy) is 1. The molecule has 2 heterocycles. The van der Waals surface area contributed by atoms with Gasteiger partial charge in [-0.05, 0) is 43.3 Å². The summed E-state index contributed by atoms with van der Waals surface area (Å²) < 4.78 is 20.7. The lowest BCUT2D eigenvalue weighted by Crippen LogP contribution is -2.41. The lowest BCUT2D eigenvalue weighted by atomic mass is 10.1. The number of carbonyl (C=O) groups excluding carboxylic acids is 1. The van der Waals surface area contributed by atoms with Gasteiger partial charge in [-0.2, -0.15) is 0 Å². The number of carbonyl (C=O) groups is 1. The van der Waals surface area contributed by atoms with Crippen LogP contribution in [0.1, 0.15) is 5.56 Å². The Bertz CT molecular complexity index is 980. The zero-order chi connectivity index (χ0) is 20.2. The number of thioether (sulfide) groups is 1. The van der Waals surface area contributed by atoms with E-state index in [4.69, 9.17) is 4.74 Å². The number of benzene rings is 2. The van der Waals surface area contributed by atoms with Crippen molar-refractivity contribution in [3.8, 4) is 16.9 Å². The van der Waals surface area contributed by atoms with Gasteiger partial charge in [-0.25, -0.2) is 9.37 Å². The average Bonchev–Trinajstić information content (AvgIpc) is 3.17. The zero-order valence-electron chi connectivity index (χ0n) is 16.2. The summed E-state index contributed by atoms with van der Waals surface area (Å²) in [5, 5.41) is 0.731. The lowest BCUT2D eigenvalue weighted by Gasteiger charge is -2.26. The minimum absolute atomic E-state index is 0.0834. The first-order chi connectivity index (χ1) is 14.1. The molecule has 3 aromatic rings. The number of hydrogen-bond acceptors (Lipinski definition) is 4. The minimum atomic E-state index is -0.277. The first kappa shape index (κ1) is 19.7. The third-order valence-electron chi connectivity index (χ3n) is 4.85. The summed E-state index contributed by atoms with van der Waals surface area (Å²) >= 11 is 1.41. The molecule has 2 aromatic carbocycles. The van der Waals surface area contributed by atoms with Crippen LogP contribution in [0.3, 0.4) is 0 Å². The fourth-order valence-corrected chi connectivity index (χ4v) is 4.13. The second-order valence-corrected chi connectivity index (χ2v) is 7.83. The Morgan fingerprint density at radius 3 is 2.48 bits per heavy atom. The number of amides is 1. The van der Waals surface area contributed by atoms with E-state index in [1.54, 1.807) is 18.3 Å². The normalized spacial score (nSPS) is 14.2. The zero-order valence-corrected chi connectivity index (χ0v) is 17.0. The summed E-state index contributed by atoms with van der Waals surface area (Å²) in [6.45, 7) is 4.47. The molecule has 0 bridgehead atoms. The third kappa shape index (κ3) is 4.52. The van der Waals surface area contributed by atoms with E-state index in [0.29, 0.717) is 32.1 Å². The van der Waals surface area contributed by atoms with Gasteiger partial charge in [0.15, 0.2) is 5.16 Å². The molecule has 1 fully saturated rings. The molecule has 1 aliphatic heterocycles. The van der Waals surface area contributed by atoms with E-state index in [-0.39, 0.29) is 11.7 Å². The molecule has 0 saturated carbocycles. The highest BCUT2D eigenvalue weighted by atomic mass is 32.2. The number of hydrogen-bond donors (Lipinski definition) is 0. The van der Waals surface area contributed by atoms with Crippen molar-refractivity contribution in [1.82, 2.24) is 14.5 Å². The van der Waals surface area contributed by atoms with Crippen LogP contribution in [0.5, 0.6) is 0 Å². The molecule has 0 unspecified atom stereocenters. The second kappa shape index (κ2) is 8.80. The van der Waals surface area contributed by atoms with E-state index in [0.717, 1.165) is 27.7 Å². The molecule has 0 spiro atoms. The molecular weight excluding hydrogens is 389 g/mol. The SMILES string of the molecule is Cc1ccc(-n2c(-c3ccc(F)cc3)cnc2SCC(=O)N2CCOCC2)cc1. The van der Waals surface area contributed by atoms with Gasteiger partial charge in [-0.1, -0.05) is 29.5 Å². The van der Waals surface area contributed by atoms with Crippen LogP contribution in [0.15, 0.2) is 59.9 Å². The quantitative estimate of drug-likeness (QED) is 0.597.